The largest absolute Gasteiger partial charge is 0.369 e. The fraction of sp³-hybridized carbons (Fsp3) is 0.222. The van der Waals surface area contributed by atoms with Gasteiger partial charge in [0.05, 0.1) is 0 Å². The summed E-state index contributed by atoms with van der Waals surface area (Å²) in [5, 5.41) is 0. The Kier molecular flexibility index (Phi) is 1.80. The normalized spacial score (nSPS) is 11.0. The van der Waals surface area contributed by atoms with E-state index in [-0.39, 0.29) is 11.5 Å². The van der Waals surface area contributed by atoms with Crippen LogP contribution in [0.3, 0.4) is 0 Å². The molecule has 2 aromatic rings. The summed E-state index contributed by atoms with van der Waals surface area (Å²) in [5.74, 6) is 0.143. The van der Waals surface area contributed by atoms with Crippen LogP contribution in [0.5, 0.6) is 0 Å². The molecular weight excluding hydrogens is 180 g/mol. The van der Waals surface area contributed by atoms with Crippen LogP contribution in [0.1, 0.15) is 18.2 Å². The van der Waals surface area contributed by atoms with Crippen molar-refractivity contribution in [3.63, 3.8) is 0 Å². The number of nitrogens with two attached hydrogens (primary N) is 1. The fourth-order valence-corrected chi connectivity index (χ4v) is 1.59. The highest BCUT2D eigenvalue weighted by atomic mass is 16.1. The number of aromatic amines is 2. The first-order chi connectivity index (χ1) is 6.63. The summed E-state index contributed by atoms with van der Waals surface area (Å²) in [5.41, 5.74) is 8.19. The second-order valence-corrected chi connectivity index (χ2v) is 3.13. The molecule has 0 saturated heterocycles. The summed E-state index contributed by atoms with van der Waals surface area (Å²) in [4.78, 5) is 21.0. The van der Waals surface area contributed by atoms with Crippen molar-refractivity contribution < 1.29 is 0 Å². The van der Waals surface area contributed by atoms with Crippen LogP contribution < -0.4 is 11.3 Å². The topological polar surface area (TPSA) is 87.6 Å². The third-order valence-corrected chi connectivity index (χ3v) is 2.20. The van der Waals surface area contributed by atoms with Crippen LogP contribution in [-0.4, -0.2) is 15.0 Å². The molecule has 0 saturated carbocycles. The van der Waals surface area contributed by atoms with Gasteiger partial charge in [-0.05, 0) is 13.3 Å². The van der Waals surface area contributed by atoms with Gasteiger partial charge in [0.25, 0.3) is 5.56 Å². The Morgan fingerprint density at radius 2 is 2.14 bits per heavy atom. The van der Waals surface area contributed by atoms with Gasteiger partial charge in [-0.3, -0.25) is 9.78 Å². The first-order valence-electron chi connectivity index (χ1n) is 4.31. The number of nitrogens with zero attached hydrogens (tertiary/aromatic N) is 1. The molecule has 0 unspecified atom stereocenters. The Balaban J connectivity index is 2.95. The number of anilines is 1. The van der Waals surface area contributed by atoms with Gasteiger partial charge in [-0.15, -0.1) is 0 Å². The molecule has 2 rings (SSSR count). The van der Waals surface area contributed by atoms with Gasteiger partial charge in [0, 0.05) is 11.3 Å². The van der Waals surface area contributed by atoms with Gasteiger partial charge in [0.1, 0.15) is 11.0 Å². The third-order valence-electron chi connectivity index (χ3n) is 2.20. The van der Waals surface area contributed by atoms with Crippen molar-refractivity contribution >= 4 is 17.0 Å². The molecule has 5 heteroatoms. The second kappa shape index (κ2) is 2.87. The van der Waals surface area contributed by atoms with E-state index in [0.29, 0.717) is 11.0 Å². The summed E-state index contributed by atoms with van der Waals surface area (Å²) in [6, 6.07) is 0. The highest BCUT2D eigenvalue weighted by Crippen LogP contribution is 2.18. The Labute approximate surface area is 80.4 Å². The van der Waals surface area contributed by atoms with E-state index >= 15 is 0 Å². The monoisotopic (exact) mass is 191 g/mol. The Morgan fingerprint density at radius 1 is 1.43 bits per heavy atom. The average Bonchev–Trinajstić information content (AvgIpc) is 2.41. The van der Waals surface area contributed by atoms with Crippen LogP contribution in [0.25, 0.3) is 11.0 Å². The van der Waals surface area contributed by atoms with Gasteiger partial charge >= 0.3 is 0 Å². The summed E-state index contributed by atoms with van der Waals surface area (Å²) < 4.78 is 0. The van der Waals surface area contributed by atoms with Crippen molar-refractivity contribution in [1.29, 1.82) is 0 Å². The SMILES string of the molecule is C[CH]c1c(C)[nH]c2c(=O)[nH]c(N)nc12. The van der Waals surface area contributed by atoms with Crippen LogP contribution >= 0.6 is 0 Å². The maximum absolute atomic E-state index is 11.5. The molecular formula is C9H11N4O. The molecule has 0 bridgehead atoms. The summed E-state index contributed by atoms with van der Waals surface area (Å²) in [6.45, 7) is 3.79. The van der Waals surface area contributed by atoms with Crippen LogP contribution in [0.4, 0.5) is 5.95 Å². The van der Waals surface area contributed by atoms with Gasteiger partial charge in [0.2, 0.25) is 5.95 Å². The first kappa shape index (κ1) is 8.80. The van der Waals surface area contributed by atoms with E-state index in [1.54, 1.807) is 0 Å². The zero-order valence-electron chi connectivity index (χ0n) is 8.01. The molecule has 2 aromatic heterocycles. The van der Waals surface area contributed by atoms with Gasteiger partial charge < -0.3 is 10.7 Å². The minimum Gasteiger partial charge on any atom is -0.369 e. The molecule has 1 radical (unpaired) electrons. The maximum Gasteiger partial charge on any atom is 0.276 e. The molecule has 14 heavy (non-hydrogen) atoms. The standard InChI is InChI=1S/C9H11N4O/c1-3-5-4(2)11-7-6(5)12-9(10)13-8(7)14/h3,11H,1-2H3,(H3,10,12,13,14). The number of nitrogens with one attached hydrogen (secondary N) is 2. The summed E-state index contributed by atoms with van der Waals surface area (Å²) >= 11 is 0. The second-order valence-electron chi connectivity index (χ2n) is 3.13. The van der Waals surface area contributed by atoms with Crippen molar-refractivity contribution in [3.05, 3.63) is 28.0 Å². The number of hydrogen-bond acceptors (Lipinski definition) is 3. The van der Waals surface area contributed by atoms with Crippen molar-refractivity contribution in [2.75, 3.05) is 5.73 Å². The van der Waals surface area contributed by atoms with Crippen LogP contribution in [-0.2, 0) is 0 Å². The lowest BCUT2D eigenvalue weighted by Gasteiger charge is -1.95. The quantitative estimate of drug-likeness (QED) is 0.620. The number of rotatable bonds is 1. The van der Waals surface area contributed by atoms with Crippen molar-refractivity contribution in [2.24, 2.45) is 0 Å². The van der Waals surface area contributed by atoms with Crippen LogP contribution in [0.15, 0.2) is 4.79 Å². The Morgan fingerprint density at radius 3 is 2.79 bits per heavy atom. The lowest BCUT2D eigenvalue weighted by Crippen LogP contribution is -2.10. The van der Waals surface area contributed by atoms with E-state index in [2.05, 4.69) is 15.0 Å². The Bertz CT molecular complexity index is 537. The van der Waals surface area contributed by atoms with E-state index in [4.69, 9.17) is 5.73 Å². The minimum absolute atomic E-state index is 0.143. The maximum atomic E-state index is 11.5. The van der Waals surface area contributed by atoms with Gasteiger partial charge in [-0.2, -0.15) is 0 Å². The molecule has 0 aliphatic heterocycles. The molecule has 0 aliphatic carbocycles. The van der Waals surface area contributed by atoms with Crippen LogP contribution in [0.2, 0.25) is 0 Å². The molecule has 4 N–H and O–H groups in total. The fourth-order valence-electron chi connectivity index (χ4n) is 1.59. The van der Waals surface area contributed by atoms with E-state index in [1.807, 2.05) is 20.3 Å². The first-order valence-corrected chi connectivity index (χ1v) is 4.31. The van der Waals surface area contributed by atoms with E-state index < -0.39 is 0 Å². The predicted molar refractivity (Wildman–Crippen MR) is 54.9 cm³/mol. The van der Waals surface area contributed by atoms with E-state index in [1.165, 1.54) is 0 Å². The summed E-state index contributed by atoms with van der Waals surface area (Å²) in [6.07, 6.45) is 1.90. The van der Waals surface area contributed by atoms with E-state index in [0.717, 1.165) is 11.3 Å². The zero-order chi connectivity index (χ0) is 10.3. The molecule has 0 aromatic carbocycles. The van der Waals surface area contributed by atoms with Crippen molar-refractivity contribution in [1.82, 2.24) is 15.0 Å². The number of nitrogen functional groups attached to an aromatic ring is 1. The number of aromatic nitrogens is 3. The lowest BCUT2D eigenvalue weighted by molar-refractivity contribution is 1.17. The predicted octanol–water partition coefficient (Wildman–Crippen LogP) is 0.714. The van der Waals surface area contributed by atoms with Gasteiger partial charge in [0.15, 0.2) is 0 Å². The molecule has 2 heterocycles. The Hall–Kier alpha value is -1.78. The molecule has 0 amide bonds. The number of H-pyrrole nitrogens is 2. The van der Waals surface area contributed by atoms with Gasteiger partial charge in [-0.25, -0.2) is 4.98 Å². The highest BCUT2D eigenvalue weighted by Gasteiger charge is 2.11. The molecule has 0 atom stereocenters. The zero-order valence-corrected chi connectivity index (χ0v) is 8.01. The van der Waals surface area contributed by atoms with Crippen molar-refractivity contribution in [3.8, 4) is 0 Å². The molecule has 0 spiro atoms. The molecule has 5 nitrogen and oxygen atoms in total. The third kappa shape index (κ3) is 1.09. The minimum atomic E-state index is -0.233. The smallest absolute Gasteiger partial charge is 0.276 e. The van der Waals surface area contributed by atoms with Crippen LogP contribution in [0, 0.1) is 13.3 Å². The summed E-state index contributed by atoms with van der Waals surface area (Å²) in [7, 11) is 0. The highest BCUT2D eigenvalue weighted by molar-refractivity contribution is 5.81. The van der Waals surface area contributed by atoms with Crippen molar-refractivity contribution in [2.45, 2.75) is 13.8 Å². The number of hydrogen-bond donors (Lipinski definition) is 3. The lowest BCUT2D eigenvalue weighted by atomic mass is 10.2. The number of aryl methyl sites for hydroxylation is 1. The molecule has 0 fully saturated rings. The number of fused-ring (bicyclic) bond motifs is 1. The molecule has 73 valence electrons. The van der Waals surface area contributed by atoms with E-state index in [9.17, 15) is 4.79 Å². The van der Waals surface area contributed by atoms with Gasteiger partial charge in [-0.1, -0.05) is 6.92 Å². The molecule has 0 aliphatic rings. The average molecular weight is 191 g/mol.